The SMILES string of the molecule is CN(C)CCCNC(=O)c1ncoc1-c1ccc(F)cc1. The average molecular weight is 291 g/mol. The summed E-state index contributed by atoms with van der Waals surface area (Å²) in [5.41, 5.74) is 0.832. The molecule has 0 aliphatic heterocycles. The summed E-state index contributed by atoms with van der Waals surface area (Å²) in [5.74, 6) is -0.283. The molecule has 112 valence electrons. The lowest BCUT2D eigenvalue weighted by atomic mass is 10.1. The molecule has 2 rings (SSSR count). The van der Waals surface area contributed by atoms with Gasteiger partial charge >= 0.3 is 0 Å². The number of aromatic nitrogens is 1. The van der Waals surface area contributed by atoms with Crippen molar-refractivity contribution in [3.63, 3.8) is 0 Å². The molecule has 1 aromatic carbocycles. The molecule has 1 amide bonds. The molecule has 0 spiro atoms. The lowest BCUT2D eigenvalue weighted by molar-refractivity contribution is 0.0948. The topological polar surface area (TPSA) is 58.4 Å². The second-order valence-corrected chi connectivity index (χ2v) is 4.95. The number of carbonyl (C=O) groups is 1. The zero-order valence-electron chi connectivity index (χ0n) is 12.1. The Hall–Kier alpha value is -2.21. The molecule has 1 N–H and O–H groups in total. The van der Waals surface area contributed by atoms with Gasteiger partial charge in [-0.15, -0.1) is 0 Å². The molecule has 0 unspecified atom stereocenters. The van der Waals surface area contributed by atoms with Gasteiger partial charge in [0, 0.05) is 12.1 Å². The van der Waals surface area contributed by atoms with Gasteiger partial charge in [0.25, 0.3) is 5.91 Å². The largest absolute Gasteiger partial charge is 0.443 e. The van der Waals surface area contributed by atoms with Crippen molar-refractivity contribution in [2.24, 2.45) is 0 Å². The Labute approximate surface area is 122 Å². The van der Waals surface area contributed by atoms with Crippen LogP contribution in [0.2, 0.25) is 0 Å². The molecule has 0 fully saturated rings. The van der Waals surface area contributed by atoms with E-state index in [0.29, 0.717) is 17.9 Å². The number of amides is 1. The van der Waals surface area contributed by atoms with Crippen molar-refractivity contribution < 1.29 is 13.6 Å². The molecule has 1 aromatic heterocycles. The fourth-order valence-corrected chi connectivity index (χ4v) is 1.89. The zero-order valence-corrected chi connectivity index (χ0v) is 12.1. The second kappa shape index (κ2) is 6.99. The summed E-state index contributed by atoms with van der Waals surface area (Å²) in [7, 11) is 3.96. The van der Waals surface area contributed by atoms with Crippen LogP contribution in [-0.2, 0) is 0 Å². The van der Waals surface area contributed by atoms with Crippen molar-refractivity contribution in [2.45, 2.75) is 6.42 Å². The van der Waals surface area contributed by atoms with Crippen LogP contribution < -0.4 is 5.32 Å². The molecular formula is C15H18FN3O2. The van der Waals surface area contributed by atoms with Crippen LogP contribution in [0.3, 0.4) is 0 Å². The molecule has 0 radical (unpaired) electrons. The van der Waals surface area contributed by atoms with E-state index in [1.165, 1.54) is 18.5 Å². The van der Waals surface area contributed by atoms with Gasteiger partial charge in [-0.05, 0) is 51.3 Å². The number of benzene rings is 1. The summed E-state index contributed by atoms with van der Waals surface area (Å²) < 4.78 is 18.2. The van der Waals surface area contributed by atoms with E-state index in [4.69, 9.17) is 4.42 Å². The maximum atomic E-state index is 12.9. The van der Waals surface area contributed by atoms with Crippen molar-refractivity contribution in [3.8, 4) is 11.3 Å². The number of oxazole rings is 1. The third kappa shape index (κ3) is 4.13. The molecule has 0 aliphatic carbocycles. The molecule has 0 atom stereocenters. The van der Waals surface area contributed by atoms with E-state index in [1.807, 2.05) is 19.0 Å². The Balaban J connectivity index is 2.02. The first-order valence-corrected chi connectivity index (χ1v) is 6.70. The molecule has 0 aliphatic rings. The van der Waals surface area contributed by atoms with Gasteiger partial charge in [-0.25, -0.2) is 9.37 Å². The molecule has 0 saturated heterocycles. The predicted molar refractivity (Wildman–Crippen MR) is 77.4 cm³/mol. The van der Waals surface area contributed by atoms with Crippen molar-refractivity contribution in [1.82, 2.24) is 15.2 Å². The first-order chi connectivity index (χ1) is 10.1. The number of nitrogens with one attached hydrogen (secondary N) is 1. The van der Waals surface area contributed by atoms with Gasteiger partial charge in [0.2, 0.25) is 0 Å². The highest BCUT2D eigenvalue weighted by Gasteiger charge is 2.17. The van der Waals surface area contributed by atoms with Crippen LogP contribution >= 0.6 is 0 Å². The Morgan fingerprint density at radius 2 is 2.05 bits per heavy atom. The van der Waals surface area contributed by atoms with Crippen molar-refractivity contribution in [3.05, 3.63) is 42.2 Å². The summed E-state index contributed by atoms with van der Waals surface area (Å²) in [6.45, 7) is 1.46. The fraction of sp³-hybridized carbons (Fsp3) is 0.333. The molecule has 0 saturated carbocycles. The maximum absolute atomic E-state index is 12.9. The Morgan fingerprint density at radius 1 is 1.33 bits per heavy atom. The van der Waals surface area contributed by atoms with E-state index < -0.39 is 0 Å². The number of carbonyl (C=O) groups excluding carboxylic acids is 1. The molecular weight excluding hydrogens is 273 g/mol. The van der Waals surface area contributed by atoms with Crippen molar-refractivity contribution >= 4 is 5.91 Å². The lowest BCUT2D eigenvalue weighted by Gasteiger charge is -2.09. The first kappa shape index (κ1) is 15.2. The van der Waals surface area contributed by atoms with Crippen LogP contribution in [0, 0.1) is 5.82 Å². The summed E-state index contributed by atoms with van der Waals surface area (Å²) >= 11 is 0. The maximum Gasteiger partial charge on any atom is 0.273 e. The van der Waals surface area contributed by atoms with E-state index in [2.05, 4.69) is 10.3 Å². The minimum Gasteiger partial charge on any atom is -0.443 e. The van der Waals surface area contributed by atoms with Crippen LogP contribution in [-0.4, -0.2) is 43.0 Å². The fourth-order valence-electron chi connectivity index (χ4n) is 1.89. The number of rotatable bonds is 6. The summed E-state index contributed by atoms with van der Waals surface area (Å²) in [5, 5.41) is 2.80. The summed E-state index contributed by atoms with van der Waals surface area (Å²) in [6, 6.07) is 5.74. The third-order valence-corrected chi connectivity index (χ3v) is 2.96. The van der Waals surface area contributed by atoms with Gasteiger partial charge in [-0.2, -0.15) is 0 Å². The lowest BCUT2D eigenvalue weighted by Crippen LogP contribution is -2.27. The Morgan fingerprint density at radius 3 is 2.71 bits per heavy atom. The minimum absolute atomic E-state index is 0.214. The van der Waals surface area contributed by atoms with Crippen LogP contribution in [0.5, 0.6) is 0 Å². The van der Waals surface area contributed by atoms with Gasteiger partial charge in [-0.1, -0.05) is 0 Å². The number of nitrogens with zero attached hydrogens (tertiary/aromatic N) is 2. The van der Waals surface area contributed by atoms with E-state index in [0.717, 1.165) is 13.0 Å². The molecule has 0 bridgehead atoms. The van der Waals surface area contributed by atoms with Gasteiger partial charge in [0.15, 0.2) is 17.8 Å². The van der Waals surface area contributed by atoms with E-state index in [-0.39, 0.29) is 17.4 Å². The highest BCUT2D eigenvalue weighted by Crippen LogP contribution is 2.23. The normalized spacial score (nSPS) is 10.9. The van der Waals surface area contributed by atoms with Crippen molar-refractivity contribution in [2.75, 3.05) is 27.2 Å². The van der Waals surface area contributed by atoms with Gasteiger partial charge < -0.3 is 14.6 Å². The van der Waals surface area contributed by atoms with E-state index in [9.17, 15) is 9.18 Å². The second-order valence-electron chi connectivity index (χ2n) is 4.95. The molecule has 6 heteroatoms. The summed E-state index contributed by atoms with van der Waals surface area (Å²) in [6.07, 6.45) is 2.07. The van der Waals surface area contributed by atoms with Gasteiger partial charge in [0.1, 0.15) is 5.82 Å². The van der Waals surface area contributed by atoms with Crippen molar-refractivity contribution in [1.29, 1.82) is 0 Å². The predicted octanol–water partition coefficient (Wildman–Crippen LogP) is 2.16. The molecule has 1 heterocycles. The van der Waals surface area contributed by atoms with Gasteiger partial charge in [0.05, 0.1) is 0 Å². The van der Waals surface area contributed by atoms with E-state index >= 15 is 0 Å². The molecule has 2 aromatic rings. The smallest absolute Gasteiger partial charge is 0.273 e. The first-order valence-electron chi connectivity index (χ1n) is 6.70. The average Bonchev–Trinajstić information content (AvgIpc) is 2.93. The zero-order chi connectivity index (χ0) is 15.2. The van der Waals surface area contributed by atoms with Crippen LogP contribution in [0.4, 0.5) is 4.39 Å². The third-order valence-electron chi connectivity index (χ3n) is 2.96. The quantitative estimate of drug-likeness (QED) is 0.829. The van der Waals surface area contributed by atoms with Gasteiger partial charge in [-0.3, -0.25) is 4.79 Å². The van der Waals surface area contributed by atoms with E-state index in [1.54, 1.807) is 12.1 Å². The molecule has 5 nitrogen and oxygen atoms in total. The highest BCUT2D eigenvalue weighted by atomic mass is 19.1. The number of hydrogen-bond donors (Lipinski definition) is 1. The van der Waals surface area contributed by atoms with Crippen LogP contribution in [0.25, 0.3) is 11.3 Å². The summed E-state index contributed by atoms with van der Waals surface area (Å²) in [4.78, 5) is 18.1. The number of hydrogen-bond acceptors (Lipinski definition) is 4. The number of halogens is 1. The standard InChI is InChI=1S/C15H18FN3O2/c1-19(2)9-3-8-17-15(20)13-14(21-10-18-13)11-4-6-12(16)7-5-11/h4-7,10H,3,8-9H2,1-2H3,(H,17,20). The minimum atomic E-state index is -0.340. The molecule has 21 heavy (non-hydrogen) atoms. The highest BCUT2D eigenvalue weighted by molar-refractivity contribution is 5.97. The Bertz CT molecular complexity index is 593. The van der Waals surface area contributed by atoms with Crippen LogP contribution in [0.1, 0.15) is 16.9 Å². The Kier molecular flexibility index (Phi) is 5.05. The monoisotopic (exact) mass is 291 g/mol. The van der Waals surface area contributed by atoms with Crippen LogP contribution in [0.15, 0.2) is 35.1 Å².